The van der Waals surface area contributed by atoms with Crippen LogP contribution in [0, 0.1) is 0 Å². The molecule has 0 aromatic carbocycles. The minimum atomic E-state index is -0.702. The molecule has 0 saturated carbocycles. The van der Waals surface area contributed by atoms with Crippen molar-refractivity contribution in [2.45, 2.75) is 19.3 Å². The molecule has 0 amide bonds. The van der Waals surface area contributed by atoms with Crippen LogP contribution in [0.4, 0.5) is 11.6 Å². The molecule has 3 aliphatic rings. The van der Waals surface area contributed by atoms with Gasteiger partial charge < -0.3 is 19.6 Å². The van der Waals surface area contributed by atoms with E-state index in [9.17, 15) is 14.7 Å². The first kappa shape index (κ1) is 16.1. The van der Waals surface area contributed by atoms with Crippen LogP contribution >= 0.6 is 0 Å². The fraction of sp³-hybridized carbons (Fsp3) is 0.500. The average Bonchev–Trinajstić information content (AvgIpc) is 2.66. The highest BCUT2D eigenvalue weighted by atomic mass is 16.5. The fourth-order valence-electron chi connectivity index (χ4n) is 3.62. The van der Waals surface area contributed by atoms with Gasteiger partial charge in [0.15, 0.2) is 0 Å². The number of morpholine rings is 1. The lowest BCUT2D eigenvalue weighted by molar-refractivity contribution is -0.111. The number of aromatic nitrogens is 1. The molecule has 1 aliphatic carbocycles. The molecule has 1 N–H and O–H groups in total. The van der Waals surface area contributed by atoms with E-state index >= 15 is 0 Å². The molecule has 0 bridgehead atoms. The van der Waals surface area contributed by atoms with Crippen molar-refractivity contribution in [1.82, 2.24) is 4.98 Å². The number of allylic oxidation sites excluding steroid dienone is 1. The van der Waals surface area contributed by atoms with Crippen LogP contribution in [-0.2, 0) is 9.53 Å². The van der Waals surface area contributed by atoms with Crippen LogP contribution in [-0.4, -0.2) is 61.0 Å². The zero-order valence-corrected chi connectivity index (χ0v) is 14.0. The molecule has 25 heavy (non-hydrogen) atoms. The van der Waals surface area contributed by atoms with Crippen molar-refractivity contribution in [2.24, 2.45) is 0 Å². The third-order valence-electron chi connectivity index (χ3n) is 4.97. The molecule has 4 rings (SSSR count). The summed E-state index contributed by atoms with van der Waals surface area (Å²) < 4.78 is 5.39. The molecule has 2 aliphatic heterocycles. The Kier molecular flexibility index (Phi) is 4.17. The normalized spacial score (nSPS) is 21.2. The highest BCUT2D eigenvalue weighted by Gasteiger charge is 2.33. The summed E-state index contributed by atoms with van der Waals surface area (Å²) in [7, 11) is 0. The van der Waals surface area contributed by atoms with Crippen LogP contribution in [0.15, 0.2) is 12.1 Å². The molecule has 0 radical (unpaired) electrons. The predicted molar refractivity (Wildman–Crippen MR) is 93.3 cm³/mol. The molecule has 1 aromatic heterocycles. The lowest BCUT2D eigenvalue weighted by atomic mass is 9.93. The van der Waals surface area contributed by atoms with Gasteiger partial charge in [0.2, 0.25) is 11.6 Å². The van der Waals surface area contributed by atoms with Gasteiger partial charge in [-0.15, -0.1) is 0 Å². The van der Waals surface area contributed by atoms with Gasteiger partial charge in [0.25, 0.3) is 0 Å². The first-order valence-electron chi connectivity index (χ1n) is 8.77. The molecule has 1 aromatic rings. The zero-order valence-electron chi connectivity index (χ0n) is 14.0. The number of carbonyl (C=O) groups is 2. The lowest BCUT2D eigenvalue weighted by Crippen LogP contribution is -2.39. The highest BCUT2D eigenvalue weighted by Crippen LogP contribution is 2.34. The van der Waals surface area contributed by atoms with E-state index in [1.807, 2.05) is 4.90 Å². The molecule has 3 heterocycles. The second-order valence-electron chi connectivity index (χ2n) is 6.60. The van der Waals surface area contributed by atoms with E-state index in [0.717, 1.165) is 37.8 Å². The van der Waals surface area contributed by atoms with Gasteiger partial charge in [0.05, 0.1) is 18.8 Å². The Morgan fingerprint density at radius 3 is 2.44 bits per heavy atom. The van der Waals surface area contributed by atoms with Crippen molar-refractivity contribution in [3.8, 4) is 0 Å². The summed E-state index contributed by atoms with van der Waals surface area (Å²) in [4.78, 5) is 33.3. The molecule has 0 unspecified atom stereocenters. The number of hydrogen-bond donors (Lipinski definition) is 1. The number of carbonyl (C=O) groups excluding carboxylic acids is 2. The third-order valence-corrected chi connectivity index (χ3v) is 4.97. The van der Waals surface area contributed by atoms with E-state index in [4.69, 9.17) is 9.72 Å². The monoisotopic (exact) mass is 343 g/mol. The molecule has 7 heteroatoms. The predicted octanol–water partition coefficient (Wildman–Crippen LogP) is 1.57. The summed E-state index contributed by atoms with van der Waals surface area (Å²) >= 11 is 0. The van der Waals surface area contributed by atoms with Crippen LogP contribution in [0.5, 0.6) is 0 Å². The topological polar surface area (TPSA) is 83.0 Å². The van der Waals surface area contributed by atoms with Crippen LogP contribution in [0.1, 0.15) is 35.2 Å². The maximum Gasteiger partial charge on any atom is 0.237 e. The lowest BCUT2D eigenvalue weighted by Gasteiger charge is -2.33. The maximum absolute atomic E-state index is 12.5. The van der Waals surface area contributed by atoms with Gasteiger partial charge in [0.1, 0.15) is 17.4 Å². The van der Waals surface area contributed by atoms with Crippen molar-refractivity contribution in [3.63, 3.8) is 0 Å². The maximum atomic E-state index is 12.5. The van der Waals surface area contributed by atoms with Gasteiger partial charge in [-0.05, 0) is 25.3 Å². The van der Waals surface area contributed by atoms with E-state index < -0.39 is 11.6 Å². The summed E-state index contributed by atoms with van der Waals surface area (Å²) in [6.45, 7) is 4.13. The minimum absolute atomic E-state index is 0.158. The van der Waals surface area contributed by atoms with Gasteiger partial charge in [-0.3, -0.25) is 9.59 Å². The number of nitrogens with zero attached hydrogens (tertiary/aromatic N) is 3. The summed E-state index contributed by atoms with van der Waals surface area (Å²) in [6.07, 6.45) is 4.42. The van der Waals surface area contributed by atoms with Gasteiger partial charge in [-0.2, -0.15) is 0 Å². The Hall–Kier alpha value is -2.41. The van der Waals surface area contributed by atoms with E-state index in [-0.39, 0.29) is 11.3 Å². The van der Waals surface area contributed by atoms with Crippen molar-refractivity contribution in [1.29, 1.82) is 0 Å². The van der Waals surface area contributed by atoms with Gasteiger partial charge >= 0.3 is 0 Å². The standard InChI is InChI=1S/C18H21N3O4/c22-13-11-14(23)17(24)16-12(13)10-15(20-4-2-1-3-5-20)19-18(16)21-6-8-25-9-7-21/h10-11,22H,1-9H2. The summed E-state index contributed by atoms with van der Waals surface area (Å²) in [6, 6.07) is 1.74. The number of hydrogen-bond acceptors (Lipinski definition) is 7. The minimum Gasteiger partial charge on any atom is -0.507 e. The quantitative estimate of drug-likeness (QED) is 0.816. The molecule has 0 atom stereocenters. The number of ether oxygens (including phenoxy) is 1. The number of Topliss-reactive ketones (excluding diaryl/α,β-unsaturated/α-hetero) is 1. The van der Waals surface area contributed by atoms with Crippen molar-refractivity contribution in [2.75, 3.05) is 49.2 Å². The Balaban J connectivity index is 1.84. The fourth-order valence-corrected chi connectivity index (χ4v) is 3.62. The van der Waals surface area contributed by atoms with E-state index in [2.05, 4.69) is 4.90 Å². The van der Waals surface area contributed by atoms with Crippen molar-refractivity contribution < 1.29 is 19.4 Å². The van der Waals surface area contributed by atoms with Crippen LogP contribution in [0.2, 0.25) is 0 Å². The molecular weight excluding hydrogens is 322 g/mol. The van der Waals surface area contributed by atoms with Crippen molar-refractivity contribution in [3.05, 3.63) is 23.3 Å². The molecule has 0 spiro atoms. The Bertz CT molecular complexity index is 747. The number of piperidine rings is 1. The summed E-state index contributed by atoms with van der Waals surface area (Å²) in [5.41, 5.74) is 0.620. The largest absolute Gasteiger partial charge is 0.507 e. The molecular formula is C18H21N3O4. The average molecular weight is 343 g/mol. The summed E-state index contributed by atoms with van der Waals surface area (Å²) in [5, 5.41) is 10.3. The first-order chi connectivity index (χ1) is 12.1. The molecule has 2 saturated heterocycles. The number of fused-ring (bicyclic) bond motifs is 1. The Morgan fingerprint density at radius 2 is 1.72 bits per heavy atom. The molecule has 7 nitrogen and oxygen atoms in total. The van der Waals surface area contributed by atoms with Crippen molar-refractivity contribution >= 4 is 29.0 Å². The van der Waals surface area contributed by atoms with E-state index in [1.165, 1.54) is 6.42 Å². The smallest absolute Gasteiger partial charge is 0.237 e. The van der Waals surface area contributed by atoms with E-state index in [0.29, 0.717) is 37.7 Å². The van der Waals surface area contributed by atoms with Gasteiger partial charge in [-0.25, -0.2) is 4.98 Å². The number of aliphatic hydroxyl groups excluding tert-OH is 1. The van der Waals surface area contributed by atoms with Gasteiger partial charge in [0, 0.05) is 37.8 Å². The Morgan fingerprint density at radius 1 is 1.00 bits per heavy atom. The highest BCUT2D eigenvalue weighted by molar-refractivity contribution is 6.51. The number of aliphatic hydroxyl groups is 1. The zero-order chi connectivity index (χ0) is 17.4. The van der Waals surface area contributed by atoms with E-state index in [1.54, 1.807) is 6.07 Å². The number of ketones is 2. The Labute approximate surface area is 145 Å². The summed E-state index contributed by atoms with van der Waals surface area (Å²) in [5.74, 6) is -0.227. The number of rotatable bonds is 2. The van der Waals surface area contributed by atoms with Crippen LogP contribution in [0.3, 0.4) is 0 Å². The first-order valence-corrected chi connectivity index (χ1v) is 8.77. The van der Waals surface area contributed by atoms with Gasteiger partial charge in [-0.1, -0.05) is 0 Å². The number of anilines is 2. The van der Waals surface area contributed by atoms with Crippen LogP contribution < -0.4 is 9.80 Å². The third kappa shape index (κ3) is 2.89. The SMILES string of the molecule is O=C1C=C(O)c2cc(N3CCCCC3)nc(N3CCOCC3)c2C1=O. The van der Waals surface area contributed by atoms with Crippen LogP contribution in [0.25, 0.3) is 5.76 Å². The second-order valence-corrected chi connectivity index (χ2v) is 6.60. The molecule has 2 fully saturated rings. The second kappa shape index (κ2) is 6.48. The molecule has 132 valence electrons. The number of pyridine rings is 1.